The number of nitrogens with one attached hydrogen (secondary N) is 2. The molecule has 0 saturated heterocycles. The van der Waals surface area contributed by atoms with E-state index >= 15 is 0 Å². The van der Waals surface area contributed by atoms with Crippen LogP contribution in [0.25, 0.3) is 22.4 Å². The number of carbonyl (C=O) groups is 1. The van der Waals surface area contributed by atoms with E-state index in [4.69, 9.17) is 9.47 Å². The number of benzene rings is 1. The highest BCUT2D eigenvalue weighted by Gasteiger charge is 2.15. The number of amides is 2. The number of hydrogen-bond donors (Lipinski definition) is 2. The van der Waals surface area contributed by atoms with E-state index in [-0.39, 0.29) is 6.03 Å². The van der Waals surface area contributed by atoms with Crippen molar-refractivity contribution in [2.45, 2.75) is 51.9 Å². The number of ether oxygens (including phenoxy) is 2. The van der Waals surface area contributed by atoms with Crippen molar-refractivity contribution >= 4 is 30.2 Å². The van der Waals surface area contributed by atoms with Gasteiger partial charge in [0.15, 0.2) is 0 Å². The number of aryl methyl sites for hydroxylation is 1. The summed E-state index contributed by atoms with van der Waals surface area (Å²) in [7, 11) is 3.42. The lowest BCUT2D eigenvalue weighted by Crippen LogP contribution is -2.34. The first-order valence-electron chi connectivity index (χ1n) is 13.6. The molecule has 0 bridgehead atoms. The number of aromatic nitrogens is 2. The molecule has 1 aromatic carbocycles. The maximum Gasteiger partial charge on any atom is 0.315 e. The van der Waals surface area contributed by atoms with Crippen LogP contribution >= 0.6 is 11.8 Å². The van der Waals surface area contributed by atoms with E-state index in [0.717, 1.165) is 71.1 Å². The molecule has 0 spiro atoms. The average Bonchev–Trinajstić information content (AvgIpc) is 2.99. The van der Waals surface area contributed by atoms with Crippen molar-refractivity contribution in [1.29, 1.82) is 0 Å². The Morgan fingerprint density at radius 3 is 2.15 bits per heavy atom. The van der Waals surface area contributed by atoms with Gasteiger partial charge in [0.05, 0.1) is 17.3 Å². The maximum absolute atomic E-state index is 11.7. The number of carbonyl (C=O) groups excluding carboxylic acids is 1. The molecule has 218 valence electrons. The summed E-state index contributed by atoms with van der Waals surface area (Å²) >= 11 is 1.50. The maximum atomic E-state index is 11.7. The van der Waals surface area contributed by atoms with E-state index < -0.39 is 0 Å². The van der Waals surface area contributed by atoms with E-state index in [1.165, 1.54) is 11.8 Å². The predicted molar refractivity (Wildman–Crippen MR) is 169 cm³/mol. The van der Waals surface area contributed by atoms with E-state index in [2.05, 4.69) is 65.2 Å². The van der Waals surface area contributed by atoms with Crippen LogP contribution in [0.1, 0.15) is 46.2 Å². The van der Waals surface area contributed by atoms with E-state index in [0.29, 0.717) is 12.4 Å². The van der Waals surface area contributed by atoms with Crippen LogP contribution in [0.4, 0.5) is 10.5 Å². The van der Waals surface area contributed by atoms with Gasteiger partial charge >= 0.3 is 6.03 Å². The summed E-state index contributed by atoms with van der Waals surface area (Å²) in [6.45, 7) is 14.3. The highest BCUT2D eigenvalue weighted by atomic mass is 32.2. The number of methoxy groups -OCH3 is 2. The number of urea groups is 1. The molecule has 9 heteroatoms. The molecule has 0 atom stereocenters. The van der Waals surface area contributed by atoms with Gasteiger partial charge in [-0.25, -0.2) is 4.79 Å². The first-order valence-corrected chi connectivity index (χ1v) is 14.6. The molecular weight excluding hydrogens is 522 g/mol. The number of aliphatic imine (C=N–C) groups is 1. The van der Waals surface area contributed by atoms with Gasteiger partial charge in [-0.05, 0) is 68.8 Å². The fourth-order valence-electron chi connectivity index (χ4n) is 3.37. The summed E-state index contributed by atoms with van der Waals surface area (Å²) in [5.41, 5.74) is 5.57. The Balaban J connectivity index is 0.000000686. The van der Waals surface area contributed by atoms with Gasteiger partial charge in [0, 0.05) is 68.1 Å². The molecule has 0 saturated carbocycles. The molecule has 0 aliphatic carbocycles. The summed E-state index contributed by atoms with van der Waals surface area (Å²) in [6, 6.07) is 13.8. The van der Waals surface area contributed by atoms with E-state index in [1.807, 2.05) is 43.5 Å². The number of pyridine rings is 2. The zero-order valence-electron chi connectivity index (χ0n) is 24.8. The fraction of sp³-hybridized carbons (Fsp3) is 0.419. The minimum absolute atomic E-state index is 0.198. The third kappa shape index (κ3) is 12.7. The van der Waals surface area contributed by atoms with Gasteiger partial charge in [-0.1, -0.05) is 32.9 Å². The molecule has 3 aromatic rings. The van der Waals surface area contributed by atoms with Gasteiger partial charge in [-0.3, -0.25) is 15.0 Å². The van der Waals surface area contributed by atoms with Gasteiger partial charge in [-0.15, -0.1) is 11.8 Å². The molecule has 3 rings (SSSR count). The van der Waals surface area contributed by atoms with E-state index in [1.54, 1.807) is 20.4 Å². The molecule has 2 amide bonds. The lowest BCUT2D eigenvalue weighted by atomic mass is 10.0. The molecule has 8 nitrogen and oxygen atoms in total. The number of nitrogens with zero attached hydrogens (tertiary/aromatic N) is 3. The second kappa shape index (κ2) is 21.5. The van der Waals surface area contributed by atoms with Crippen molar-refractivity contribution in [2.24, 2.45) is 4.99 Å². The molecular formula is C31H45N5O3S. The Kier molecular flexibility index (Phi) is 18.7. The van der Waals surface area contributed by atoms with Gasteiger partial charge in [0.25, 0.3) is 0 Å². The molecule has 2 aromatic heterocycles. The van der Waals surface area contributed by atoms with Crippen LogP contribution in [0.15, 0.2) is 64.7 Å². The quantitative estimate of drug-likeness (QED) is 0.137. The Morgan fingerprint density at radius 2 is 1.68 bits per heavy atom. The Labute approximate surface area is 244 Å². The smallest absolute Gasteiger partial charge is 0.315 e. The largest absolute Gasteiger partial charge is 0.385 e. The molecule has 0 fully saturated rings. The number of hydrogen-bond acceptors (Lipinski definition) is 7. The van der Waals surface area contributed by atoms with Crippen molar-refractivity contribution in [1.82, 2.24) is 20.6 Å². The summed E-state index contributed by atoms with van der Waals surface area (Å²) < 4.78 is 9.38. The standard InChI is InChI=1S/C23H25N5OS.2C4H10O/c1-4-18-10-9-16(14-27-18)17-12-19(20-8-6-7-11-26-20)22(21(13-17)24-3)30-15-28-23(29)25-5-2;2*1-3-4-5-2/h6-14H,3-5,15H2,1-2H3,(H2,25,28,29);2*3-4H2,1-2H3. The topological polar surface area (TPSA) is 97.7 Å². The van der Waals surface area contributed by atoms with E-state index in [9.17, 15) is 4.79 Å². The highest BCUT2D eigenvalue weighted by molar-refractivity contribution is 7.99. The molecule has 0 unspecified atom stereocenters. The lowest BCUT2D eigenvalue weighted by Gasteiger charge is -2.15. The zero-order chi connectivity index (χ0) is 29.6. The first kappa shape index (κ1) is 34.8. The molecule has 0 aliphatic heterocycles. The highest BCUT2D eigenvalue weighted by Crippen LogP contribution is 2.41. The van der Waals surface area contributed by atoms with Crippen molar-refractivity contribution < 1.29 is 14.3 Å². The van der Waals surface area contributed by atoms with Crippen LogP contribution in [0.5, 0.6) is 0 Å². The molecule has 2 heterocycles. The summed E-state index contributed by atoms with van der Waals surface area (Å²) in [6.07, 6.45) is 6.79. The van der Waals surface area contributed by atoms with Crippen molar-refractivity contribution in [3.8, 4) is 22.4 Å². The molecule has 0 radical (unpaired) electrons. The Hall–Kier alpha value is -3.27. The molecule has 0 aliphatic rings. The average molecular weight is 568 g/mol. The summed E-state index contributed by atoms with van der Waals surface area (Å²) in [5.74, 6) is 0.403. The van der Waals surface area contributed by atoms with Crippen LogP contribution in [0, 0.1) is 0 Å². The van der Waals surface area contributed by atoms with Crippen LogP contribution in [0.3, 0.4) is 0 Å². The third-order valence-corrected chi connectivity index (χ3v) is 6.31. The van der Waals surface area contributed by atoms with Crippen molar-refractivity contribution in [3.05, 3.63) is 60.6 Å². The third-order valence-electron chi connectivity index (χ3n) is 5.30. The lowest BCUT2D eigenvalue weighted by molar-refractivity contribution is 0.199. The Bertz CT molecular complexity index is 1100. The molecule has 40 heavy (non-hydrogen) atoms. The minimum Gasteiger partial charge on any atom is -0.385 e. The van der Waals surface area contributed by atoms with Gasteiger partial charge in [0.2, 0.25) is 0 Å². The van der Waals surface area contributed by atoms with Crippen LogP contribution < -0.4 is 10.6 Å². The van der Waals surface area contributed by atoms with Crippen molar-refractivity contribution in [3.63, 3.8) is 0 Å². The van der Waals surface area contributed by atoms with Crippen molar-refractivity contribution in [2.75, 3.05) is 39.9 Å². The van der Waals surface area contributed by atoms with Gasteiger partial charge in [-0.2, -0.15) is 0 Å². The Morgan fingerprint density at radius 1 is 0.950 bits per heavy atom. The van der Waals surface area contributed by atoms with Gasteiger partial charge < -0.3 is 20.1 Å². The SMILES string of the molecule is C=Nc1cc(-c2ccc(CC)nc2)cc(-c2ccccn2)c1SCNC(=O)NCC.CCCOC.CCCOC. The second-order valence-corrected chi connectivity index (χ2v) is 9.43. The summed E-state index contributed by atoms with van der Waals surface area (Å²) in [5, 5.41) is 5.57. The number of thioether (sulfide) groups is 1. The predicted octanol–water partition coefficient (Wildman–Crippen LogP) is 7.16. The van der Waals surface area contributed by atoms with Crippen LogP contribution in [0.2, 0.25) is 0 Å². The van der Waals surface area contributed by atoms with Crippen LogP contribution in [-0.4, -0.2) is 62.6 Å². The second-order valence-electron chi connectivity index (χ2n) is 8.45. The normalized spacial score (nSPS) is 9.95. The molecule has 2 N–H and O–H groups in total. The van der Waals surface area contributed by atoms with Gasteiger partial charge in [0.1, 0.15) is 0 Å². The monoisotopic (exact) mass is 567 g/mol. The van der Waals surface area contributed by atoms with Crippen LogP contribution in [-0.2, 0) is 15.9 Å². The minimum atomic E-state index is -0.198. The first-order chi connectivity index (χ1) is 19.5. The summed E-state index contributed by atoms with van der Waals surface area (Å²) in [4.78, 5) is 26.0. The fourth-order valence-corrected chi connectivity index (χ4v) is 4.31. The zero-order valence-corrected chi connectivity index (χ0v) is 25.6. The number of rotatable bonds is 12.